The summed E-state index contributed by atoms with van der Waals surface area (Å²) in [6.45, 7) is 5.83. The number of aromatic nitrogens is 2. The standard InChI is InChI=1S/C21H18ClN3O2S/c1-11-7-12(2)18(13(3)8-11)24-16(26)9-25-10-23-19-17-14(22)5-4-6-15(17)28-20(19)21(25)27/h4-8,10H,9H2,1-3H3,(H,24,26). The van der Waals surface area contributed by atoms with Crippen molar-refractivity contribution in [2.24, 2.45) is 0 Å². The number of nitrogens with one attached hydrogen (secondary N) is 1. The Morgan fingerprint density at radius 1 is 1.21 bits per heavy atom. The third-order valence-corrected chi connectivity index (χ3v) is 6.12. The van der Waals surface area contributed by atoms with E-state index >= 15 is 0 Å². The van der Waals surface area contributed by atoms with Crippen molar-refractivity contribution >= 4 is 54.8 Å². The summed E-state index contributed by atoms with van der Waals surface area (Å²) < 4.78 is 2.74. The number of benzene rings is 2. The van der Waals surface area contributed by atoms with Gasteiger partial charge in [0, 0.05) is 15.8 Å². The Kier molecular flexibility index (Phi) is 4.69. The normalized spacial score (nSPS) is 11.3. The van der Waals surface area contributed by atoms with E-state index in [9.17, 15) is 9.59 Å². The minimum Gasteiger partial charge on any atom is -0.324 e. The van der Waals surface area contributed by atoms with E-state index in [0.29, 0.717) is 15.2 Å². The summed E-state index contributed by atoms with van der Waals surface area (Å²) in [6.07, 6.45) is 1.41. The summed E-state index contributed by atoms with van der Waals surface area (Å²) in [5.41, 5.74) is 4.25. The average Bonchev–Trinajstić information content (AvgIpc) is 3.01. The molecule has 0 atom stereocenters. The van der Waals surface area contributed by atoms with Crippen molar-refractivity contribution in [1.82, 2.24) is 9.55 Å². The fraction of sp³-hybridized carbons (Fsp3) is 0.190. The highest BCUT2D eigenvalue weighted by molar-refractivity contribution is 7.25. The number of halogens is 1. The van der Waals surface area contributed by atoms with Crippen LogP contribution in [-0.4, -0.2) is 15.5 Å². The van der Waals surface area contributed by atoms with Gasteiger partial charge in [-0.25, -0.2) is 4.98 Å². The molecule has 0 spiro atoms. The zero-order valence-electron chi connectivity index (χ0n) is 15.7. The molecule has 0 aliphatic carbocycles. The van der Waals surface area contributed by atoms with Crippen LogP contribution in [0.15, 0.2) is 41.5 Å². The number of anilines is 1. The lowest BCUT2D eigenvalue weighted by atomic mass is 10.1. The van der Waals surface area contributed by atoms with Gasteiger partial charge >= 0.3 is 0 Å². The molecule has 1 amide bonds. The molecule has 142 valence electrons. The first-order chi connectivity index (χ1) is 13.3. The third-order valence-electron chi connectivity index (χ3n) is 4.68. The summed E-state index contributed by atoms with van der Waals surface area (Å²) in [4.78, 5) is 29.9. The van der Waals surface area contributed by atoms with Crippen LogP contribution in [0.1, 0.15) is 16.7 Å². The Balaban J connectivity index is 1.68. The second kappa shape index (κ2) is 7.04. The number of hydrogen-bond acceptors (Lipinski definition) is 4. The number of nitrogens with zero attached hydrogens (tertiary/aromatic N) is 2. The molecule has 4 aromatic rings. The molecule has 0 aliphatic heterocycles. The fourth-order valence-corrected chi connectivity index (χ4v) is 4.94. The minimum atomic E-state index is -0.266. The second-order valence-electron chi connectivity index (χ2n) is 6.89. The summed E-state index contributed by atoms with van der Waals surface area (Å²) in [6, 6.07) is 9.57. The molecule has 2 aromatic carbocycles. The lowest BCUT2D eigenvalue weighted by Gasteiger charge is -2.13. The minimum absolute atomic E-state index is 0.101. The van der Waals surface area contributed by atoms with E-state index < -0.39 is 0 Å². The Hall–Kier alpha value is -2.70. The van der Waals surface area contributed by atoms with Crippen LogP contribution in [0.3, 0.4) is 0 Å². The number of amides is 1. The molecule has 0 bridgehead atoms. The SMILES string of the molecule is Cc1cc(C)c(NC(=O)Cn2cnc3c(sc4cccc(Cl)c43)c2=O)c(C)c1. The van der Waals surface area contributed by atoms with Crippen molar-refractivity contribution in [3.05, 3.63) is 68.7 Å². The monoisotopic (exact) mass is 411 g/mol. The van der Waals surface area contributed by atoms with E-state index in [0.717, 1.165) is 32.5 Å². The van der Waals surface area contributed by atoms with E-state index in [-0.39, 0.29) is 18.0 Å². The molecular formula is C21H18ClN3O2S. The van der Waals surface area contributed by atoms with Gasteiger partial charge < -0.3 is 5.32 Å². The van der Waals surface area contributed by atoms with Gasteiger partial charge in [0.1, 0.15) is 11.2 Å². The maximum absolute atomic E-state index is 12.9. The largest absolute Gasteiger partial charge is 0.324 e. The first kappa shape index (κ1) is 18.7. The van der Waals surface area contributed by atoms with Crippen LogP contribution in [0.2, 0.25) is 5.02 Å². The van der Waals surface area contributed by atoms with Crippen LogP contribution in [0, 0.1) is 20.8 Å². The van der Waals surface area contributed by atoms with E-state index in [1.807, 2.05) is 45.0 Å². The zero-order chi connectivity index (χ0) is 20.0. The van der Waals surface area contributed by atoms with Gasteiger partial charge in [-0.1, -0.05) is 35.4 Å². The van der Waals surface area contributed by atoms with Crippen LogP contribution in [0.5, 0.6) is 0 Å². The number of carbonyl (C=O) groups is 1. The van der Waals surface area contributed by atoms with Crippen molar-refractivity contribution in [2.45, 2.75) is 27.3 Å². The molecule has 7 heteroatoms. The molecule has 0 aliphatic rings. The van der Waals surface area contributed by atoms with Gasteiger partial charge in [-0.2, -0.15) is 0 Å². The first-order valence-corrected chi connectivity index (χ1v) is 9.98. The highest BCUT2D eigenvalue weighted by Gasteiger charge is 2.16. The molecular weight excluding hydrogens is 394 g/mol. The number of fused-ring (bicyclic) bond motifs is 3. The maximum Gasteiger partial charge on any atom is 0.271 e. The summed E-state index contributed by atoms with van der Waals surface area (Å²) in [7, 11) is 0. The van der Waals surface area contributed by atoms with E-state index in [2.05, 4.69) is 10.3 Å². The van der Waals surface area contributed by atoms with E-state index in [1.54, 1.807) is 6.07 Å². The van der Waals surface area contributed by atoms with Crippen LogP contribution in [0.4, 0.5) is 5.69 Å². The fourth-order valence-electron chi connectivity index (χ4n) is 3.49. The van der Waals surface area contributed by atoms with Gasteiger partial charge in [-0.3, -0.25) is 14.2 Å². The van der Waals surface area contributed by atoms with Gasteiger partial charge in [0.2, 0.25) is 5.91 Å². The zero-order valence-corrected chi connectivity index (χ0v) is 17.2. The Morgan fingerprint density at radius 3 is 2.64 bits per heavy atom. The third kappa shape index (κ3) is 3.19. The average molecular weight is 412 g/mol. The highest BCUT2D eigenvalue weighted by atomic mass is 35.5. The Bertz CT molecular complexity index is 1280. The number of aryl methyl sites for hydroxylation is 3. The summed E-state index contributed by atoms with van der Waals surface area (Å²) in [5.74, 6) is -0.266. The van der Waals surface area contributed by atoms with Gasteiger partial charge in [-0.15, -0.1) is 11.3 Å². The molecule has 2 heterocycles. The topological polar surface area (TPSA) is 64.0 Å². The van der Waals surface area contributed by atoms with Gasteiger partial charge in [0.05, 0.1) is 16.9 Å². The van der Waals surface area contributed by atoms with Crippen molar-refractivity contribution in [3.8, 4) is 0 Å². The van der Waals surface area contributed by atoms with Gasteiger partial charge in [-0.05, 0) is 44.0 Å². The summed E-state index contributed by atoms with van der Waals surface area (Å²) in [5, 5.41) is 4.27. The molecule has 0 fully saturated rings. The van der Waals surface area contributed by atoms with Gasteiger partial charge in [0.15, 0.2) is 0 Å². The molecule has 0 saturated carbocycles. The molecule has 0 radical (unpaired) electrons. The van der Waals surface area contributed by atoms with E-state index in [1.165, 1.54) is 22.2 Å². The molecule has 28 heavy (non-hydrogen) atoms. The number of carbonyl (C=O) groups excluding carboxylic acids is 1. The number of rotatable bonds is 3. The van der Waals surface area contributed by atoms with E-state index in [4.69, 9.17) is 11.6 Å². The highest BCUT2D eigenvalue weighted by Crippen LogP contribution is 2.35. The van der Waals surface area contributed by atoms with Crippen LogP contribution in [0.25, 0.3) is 20.3 Å². The quantitative estimate of drug-likeness (QED) is 0.525. The van der Waals surface area contributed by atoms with Crippen LogP contribution < -0.4 is 10.9 Å². The Labute approximate surface area is 170 Å². The molecule has 4 rings (SSSR count). The molecule has 5 nitrogen and oxygen atoms in total. The number of thiophene rings is 1. The van der Waals surface area contributed by atoms with Gasteiger partial charge in [0.25, 0.3) is 5.56 Å². The van der Waals surface area contributed by atoms with Crippen molar-refractivity contribution in [1.29, 1.82) is 0 Å². The van der Waals surface area contributed by atoms with Crippen LogP contribution >= 0.6 is 22.9 Å². The lowest BCUT2D eigenvalue weighted by molar-refractivity contribution is -0.116. The number of hydrogen-bond donors (Lipinski definition) is 1. The van der Waals surface area contributed by atoms with Crippen molar-refractivity contribution in [2.75, 3.05) is 5.32 Å². The predicted molar refractivity (Wildman–Crippen MR) is 116 cm³/mol. The molecule has 0 saturated heterocycles. The van der Waals surface area contributed by atoms with Crippen molar-refractivity contribution < 1.29 is 4.79 Å². The first-order valence-electron chi connectivity index (χ1n) is 8.79. The predicted octanol–water partition coefficient (Wildman–Crippen LogP) is 4.83. The van der Waals surface area contributed by atoms with Crippen LogP contribution in [-0.2, 0) is 11.3 Å². The molecule has 0 unspecified atom stereocenters. The smallest absolute Gasteiger partial charge is 0.271 e. The second-order valence-corrected chi connectivity index (χ2v) is 8.35. The maximum atomic E-state index is 12.9. The molecule has 1 N–H and O–H groups in total. The summed E-state index contributed by atoms with van der Waals surface area (Å²) >= 11 is 7.62. The molecule has 2 aromatic heterocycles. The van der Waals surface area contributed by atoms with Crippen molar-refractivity contribution in [3.63, 3.8) is 0 Å². The lowest BCUT2D eigenvalue weighted by Crippen LogP contribution is -2.27. The Morgan fingerprint density at radius 2 is 1.93 bits per heavy atom.